The summed E-state index contributed by atoms with van der Waals surface area (Å²) >= 11 is 0. The van der Waals surface area contributed by atoms with E-state index in [0.29, 0.717) is 11.2 Å². The molecule has 0 unspecified atom stereocenters. The largest absolute Gasteiger partial charge is 0.332 e. The molecule has 0 amide bonds. The van der Waals surface area contributed by atoms with Crippen molar-refractivity contribution in [2.45, 2.75) is 0 Å². The van der Waals surface area contributed by atoms with Crippen LogP contribution in [0.4, 0.5) is 4.70 Å². The van der Waals surface area contributed by atoms with Gasteiger partial charge in [0.1, 0.15) is 0 Å². The number of imidazole rings is 1. The van der Waals surface area contributed by atoms with E-state index in [1.54, 1.807) is 18.7 Å². The molecule has 0 aliphatic heterocycles. The number of aromatic nitrogens is 4. The van der Waals surface area contributed by atoms with E-state index < -0.39 is 0 Å². The lowest BCUT2D eigenvalue weighted by Crippen LogP contribution is -2.37. The van der Waals surface area contributed by atoms with Crippen molar-refractivity contribution in [2.24, 2.45) is 21.1 Å². The summed E-state index contributed by atoms with van der Waals surface area (Å²) in [6.45, 7) is 0. The summed E-state index contributed by atoms with van der Waals surface area (Å²) in [5.41, 5.74) is 0.180. The Kier molecular flexibility index (Phi) is 2.48. The van der Waals surface area contributed by atoms with E-state index in [1.165, 1.54) is 17.9 Å². The molecular weight excluding hydrogens is 203 g/mol. The van der Waals surface area contributed by atoms with Gasteiger partial charge in [-0.1, -0.05) is 0 Å². The molecule has 0 bridgehead atoms. The van der Waals surface area contributed by atoms with Gasteiger partial charge in [-0.3, -0.25) is 18.6 Å². The molecule has 0 saturated heterocycles. The van der Waals surface area contributed by atoms with Crippen LogP contribution in [0.15, 0.2) is 15.9 Å². The second-order valence-electron chi connectivity index (χ2n) is 3.23. The Balaban J connectivity index is 0.00000112. The van der Waals surface area contributed by atoms with E-state index in [9.17, 15) is 9.59 Å². The molecule has 2 heterocycles. The molecule has 15 heavy (non-hydrogen) atoms. The van der Waals surface area contributed by atoms with Crippen molar-refractivity contribution in [3.05, 3.63) is 27.2 Å². The van der Waals surface area contributed by atoms with Gasteiger partial charge in [-0.15, -0.1) is 0 Å². The zero-order valence-corrected chi connectivity index (χ0v) is 8.59. The van der Waals surface area contributed by atoms with Crippen molar-refractivity contribution in [3.63, 3.8) is 0 Å². The Bertz CT molecular complexity index is 622. The fourth-order valence-corrected chi connectivity index (χ4v) is 1.47. The van der Waals surface area contributed by atoms with Crippen LogP contribution >= 0.6 is 0 Å². The molecule has 0 N–H and O–H groups in total. The number of halogens is 1. The van der Waals surface area contributed by atoms with Crippen LogP contribution in [-0.4, -0.2) is 18.7 Å². The molecule has 0 aromatic carbocycles. The highest BCUT2D eigenvalue weighted by molar-refractivity contribution is 5.69. The van der Waals surface area contributed by atoms with E-state index in [2.05, 4.69) is 4.98 Å². The van der Waals surface area contributed by atoms with Gasteiger partial charge >= 0.3 is 5.69 Å². The first-order valence-electron chi connectivity index (χ1n) is 4.11. The number of nitrogens with zero attached hydrogens (tertiary/aromatic N) is 4. The van der Waals surface area contributed by atoms with Crippen LogP contribution in [0.1, 0.15) is 0 Å². The van der Waals surface area contributed by atoms with Gasteiger partial charge in [0.15, 0.2) is 11.2 Å². The highest BCUT2D eigenvalue weighted by Gasteiger charge is 2.11. The van der Waals surface area contributed by atoms with Crippen molar-refractivity contribution in [1.82, 2.24) is 18.7 Å². The molecule has 7 heteroatoms. The van der Waals surface area contributed by atoms with Crippen LogP contribution < -0.4 is 11.2 Å². The number of hydrogen-bond acceptors (Lipinski definition) is 3. The maximum absolute atomic E-state index is 11.7. The van der Waals surface area contributed by atoms with Gasteiger partial charge in [-0.25, -0.2) is 9.78 Å². The Hall–Kier alpha value is -1.92. The van der Waals surface area contributed by atoms with Crippen LogP contribution in [0, 0.1) is 0 Å². The maximum Gasteiger partial charge on any atom is 0.332 e. The average molecular weight is 214 g/mol. The van der Waals surface area contributed by atoms with Crippen molar-refractivity contribution in [1.29, 1.82) is 0 Å². The predicted molar refractivity (Wildman–Crippen MR) is 53.7 cm³/mol. The zero-order chi connectivity index (χ0) is 10.5. The molecule has 82 valence electrons. The van der Waals surface area contributed by atoms with Crippen LogP contribution in [0.3, 0.4) is 0 Å². The van der Waals surface area contributed by atoms with Gasteiger partial charge in [-0.2, -0.15) is 0 Å². The van der Waals surface area contributed by atoms with Crippen LogP contribution in [0.25, 0.3) is 11.2 Å². The van der Waals surface area contributed by atoms with Gasteiger partial charge < -0.3 is 4.57 Å². The summed E-state index contributed by atoms with van der Waals surface area (Å²) < 4.78 is 4.04. The van der Waals surface area contributed by atoms with E-state index in [-0.39, 0.29) is 16.0 Å². The third kappa shape index (κ3) is 1.27. The normalized spacial score (nSPS) is 10.3. The molecule has 2 aromatic rings. The lowest BCUT2D eigenvalue weighted by atomic mass is 10.5. The van der Waals surface area contributed by atoms with Crippen molar-refractivity contribution in [2.75, 3.05) is 0 Å². The quantitative estimate of drug-likeness (QED) is 0.572. The van der Waals surface area contributed by atoms with Crippen molar-refractivity contribution < 1.29 is 4.70 Å². The van der Waals surface area contributed by atoms with Gasteiger partial charge in [0, 0.05) is 21.1 Å². The third-order valence-corrected chi connectivity index (χ3v) is 2.32. The van der Waals surface area contributed by atoms with Crippen molar-refractivity contribution >= 4 is 11.2 Å². The maximum atomic E-state index is 11.7. The molecule has 0 aliphatic rings. The highest BCUT2D eigenvalue weighted by atomic mass is 19.0. The average Bonchev–Trinajstić information content (AvgIpc) is 2.54. The highest BCUT2D eigenvalue weighted by Crippen LogP contribution is 2.01. The summed E-state index contributed by atoms with van der Waals surface area (Å²) in [6, 6.07) is 0. The second kappa shape index (κ2) is 3.34. The lowest BCUT2D eigenvalue weighted by Gasteiger charge is -2.02. The predicted octanol–water partition coefficient (Wildman–Crippen LogP) is -0.877. The molecule has 0 aliphatic carbocycles. The Morgan fingerprint density at radius 2 is 1.73 bits per heavy atom. The van der Waals surface area contributed by atoms with Gasteiger partial charge in [0.25, 0.3) is 5.56 Å². The monoisotopic (exact) mass is 214 g/mol. The summed E-state index contributed by atoms with van der Waals surface area (Å²) in [7, 11) is 4.77. The molecule has 0 fully saturated rings. The minimum absolute atomic E-state index is 0. The SMILES string of the molecule is Cn1c(=O)c2c(ncn2C)n(C)c1=O.F. The number of aryl methyl sites for hydroxylation is 2. The fourth-order valence-electron chi connectivity index (χ4n) is 1.47. The third-order valence-electron chi connectivity index (χ3n) is 2.32. The smallest absolute Gasteiger partial charge is 0.328 e. The summed E-state index contributed by atoms with van der Waals surface area (Å²) in [5, 5.41) is 0. The van der Waals surface area contributed by atoms with Gasteiger partial charge in [0.05, 0.1) is 6.33 Å². The Morgan fingerprint density at radius 1 is 1.13 bits per heavy atom. The Labute approximate surface area is 83.8 Å². The van der Waals surface area contributed by atoms with Crippen LogP contribution in [0.2, 0.25) is 0 Å². The number of rotatable bonds is 0. The standard InChI is InChI=1S/C8H10N4O2.FH/c1-10-4-9-6-5(10)7(13)12(3)8(14)11(6)2;/h4H,1-3H3;1H. The molecule has 2 aromatic heterocycles. The molecule has 0 spiro atoms. The van der Waals surface area contributed by atoms with Crippen molar-refractivity contribution in [3.8, 4) is 0 Å². The van der Waals surface area contributed by atoms with Crippen LogP contribution in [0.5, 0.6) is 0 Å². The second-order valence-corrected chi connectivity index (χ2v) is 3.23. The molecule has 0 atom stereocenters. The summed E-state index contributed by atoms with van der Waals surface area (Å²) in [4.78, 5) is 27.2. The van der Waals surface area contributed by atoms with E-state index in [4.69, 9.17) is 0 Å². The number of hydrogen-bond donors (Lipinski definition) is 0. The molecule has 0 radical (unpaired) electrons. The van der Waals surface area contributed by atoms with Gasteiger partial charge in [-0.05, 0) is 0 Å². The fraction of sp³-hybridized carbons (Fsp3) is 0.375. The topological polar surface area (TPSA) is 61.8 Å². The summed E-state index contributed by atoms with van der Waals surface area (Å²) in [6.07, 6.45) is 1.52. The first-order valence-corrected chi connectivity index (χ1v) is 4.11. The first kappa shape index (κ1) is 11.2. The lowest BCUT2D eigenvalue weighted by molar-refractivity contribution is 0.705. The molecule has 0 saturated carbocycles. The van der Waals surface area contributed by atoms with E-state index in [1.807, 2.05) is 0 Å². The first-order chi connectivity index (χ1) is 6.54. The number of fused-ring (bicyclic) bond motifs is 1. The van der Waals surface area contributed by atoms with Crippen LogP contribution in [-0.2, 0) is 21.1 Å². The molecule has 2 rings (SSSR count). The minimum Gasteiger partial charge on any atom is -0.328 e. The Morgan fingerprint density at radius 3 is 2.33 bits per heavy atom. The molecular formula is C8H11FN4O2. The minimum atomic E-state index is -0.360. The van der Waals surface area contributed by atoms with Gasteiger partial charge in [0.2, 0.25) is 0 Å². The molecule has 6 nitrogen and oxygen atoms in total. The van der Waals surface area contributed by atoms with E-state index in [0.717, 1.165) is 4.57 Å². The van der Waals surface area contributed by atoms with E-state index >= 15 is 0 Å². The summed E-state index contributed by atoms with van der Waals surface area (Å²) in [5.74, 6) is 0. The zero-order valence-electron chi connectivity index (χ0n) is 8.59.